The molecule has 0 fully saturated rings. The molecule has 0 radical (unpaired) electrons. The van der Waals surface area contributed by atoms with E-state index < -0.39 is 0 Å². The van der Waals surface area contributed by atoms with Gasteiger partial charge in [-0.1, -0.05) is 31.2 Å². The predicted octanol–water partition coefficient (Wildman–Crippen LogP) is 2.65. The zero-order valence-electron chi connectivity index (χ0n) is 22.3. The van der Waals surface area contributed by atoms with Crippen molar-refractivity contribution in [2.45, 2.75) is 45.8 Å². The number of rotatable bonds is 13. The van der Waals surface area contributed by atoms with Gasteiger partial charge in [0.15, 0.2) is 0 Å². The van der Waals surface area contributed by atoms with Crippen molar-refractivity contribution in [1.82, 2.24) is 19.8 Å². The number of nitrogens with zero attached hydrogens (tertiary/aromatic N) is 4. The van der Waals surface area contributed by atoms with E-state index in [4.69, 9.17) is 0 Å². The minimum Gasteiger partial charge on any atom is -0.352 e. The van der Waals surface area contributed by atoms with Gasteiger partial charge in [0.1, 0.15) is 31.3 Å². The van der Waals surface area contributed by atoms with Gasteiger partial charge >= 0.3 is 0 Å². The molecular formula is C30H38N6O2+2. The number of hydrogen-bond donors (Lipinski definition) is 2. The normalized spacial score (nSPS) is 10.9. The van der Waals surface area contributed by atoms with Crippen molar-refractivity contribution in [3.63, 3.8) is 0 Å². The molecule has 8 nitrogen and oxygen atoms in total. The molecule has 2 N–H and O–H groups in total. The smallest absolute Gasteiger partial charge is 0.251 e. The number of carbonyl (C=O) groups excluding carboxylic acids is 2. The van der Waals surface area contributed by atoms with Crippen molar-refractivity contribution in [3.05, 3.63) is 108 Å². The van der Waals surface area contributed by atoms with Crippen molar-refractivity contribution < 1.29 is 18.7 Å². The van der Waals surface area contributed by atoms with Crippen molar-refractivity contribution in [1.29, 1.82) is 0 Å². The average Bonchev–Trinajstić information content (AvgIpc) is 3.57. The first-order valence-corrected chi connectivity index (χ1v) is 13.3. The molecular weight excluding hydrogens is 476 g/mol. The van der Waals surface area contributed by atoms with Crippen molar-refractivity contribution in [3.8, 4) is 0 Å². The lowest BCUT2D eigenvalue weighted by molar-refractivity contribution is -0.687. The van der Waals surface area contributed by atoms with E-state index in [1.165, 1.54) is 11.1 Å². The van der Waals surface area contributed by atoms with Crippen LogP contribution >= 0.6 is 0 Å². The Morgan fingerprint density at radius 1 is 0.737 bits per heavy atom. The zero-order chi connectivity index (χ0) is 26.7. The highest BCUT2D eigenvalue weighted by molar-refractivity contribution is 5.97. The molecule has 2 amide bonds. The monoisotopic (exact) mass is 514 g/mol. The van der Waals surface area contributed by atoms with Crippen LogP contribution in [0.25, 0.3) is 0 Å². The number of hydrogen-bond acceptors (Lipinski definition) is 2. The predicted molar refractivity (Wildman–Crippen MR) is 145 cm³/mol. The Bertz CT molecular complexity index is 1320. The highest BCUT2D eigenvalue weighted by Gasteiger charge is 2.10. The SMILES string of the molecule is CCc1ccc(C[n+]2ccn(CCCNC(=O)c3ccc(C(=O)NCCCn4cc[n+](C)c4)cc3)c2)cc1. The number of carbonyl (C=O) groups is 2. The number of amides is 2. The maximum atomic E-state index is 12.5. The summed E-state index contributed by atoms with van der Waals surface area (Å²) in [5, 5.41) is 5.91. The van der Waals surface area contributed by atoms with Gasteiger partial charge in [0.2, 0.25) is 12.7 Å². The van der Waals surface area contributed by atoms with Crippen LogP contribution in [0.2, 0.25) is 0 Å². The molecule has 0 aliphatic carbocycles. The molecule has 4 rings (SSSR count). The van der Waals surface area contributed by atoms with E-state index in [-0.39, 0.29) is 11.8 Å². The Morgan fingerprint density at radius 2 is 1.26 bits per heavy atom. The molecule has 2 heterocycles. The second kappa shape index (κ2) is 13.4. The van der Waals surface area contributed by atoms with Crippen LogP contribution in [0, 0.1) is 0 Å². The van der Waals surface area contributed by atoms with E-state index in [0.29, 0.717) is 24.2 Å². The van der Waals surface area contributed by atoms with Gasteiger partial charge in [0, 0.05) is 37.1 Å². The van der Waals surface area contributed by atoms with Crippen molar-refractivity contribution in [2.24, 2.45) is 7.05 Å². The Balaban J connectivity index is 1.13. The van der Waals surface area contributed by atoms with Crippen LogP contribution < -0.4 is 19.8 Å². The lowest BCUT2D eigenvalue weighted by Gasteiger charge is -2.07. The first-order valence-electron chi connectivity index (χ1n) is 13.3. The zero-order valence-corrected chi connectivity index (χ0v) is 22.3. The maximum Gasteiger partial charge on any atom is 0.251 e. The van der Waals surface area contributed by atoms with Crippen LogP contribution in [0.5, 0.6) is 0 Å². The average molecular weight is 515 g/mol. The summed E-state index contributed by atoms with van der Waals surface area (Å²) < 4.78 is 8.38. The lowest BCUT2D eigenvalue weighted by atomic mass is 10.1. The highest BCUT2D eigenvalue weighted by atomic mass is 16.2. The van der Waals surface area contributed by atoms with Gasteiger partial charge in [-0.25, -0.2) is 18.3 Å². The van der Waals surface area contributed by atoms with Gasteiger partial charge in [-0.2, -0.15) is 0 Å². The van der Waals surface area contributed by atoms with Gasteiger partial charge in [-0.15, -0.1) is 0 Å². The molecule has 0 atom stereocenters. The summed E-state index contributed by atoms with van der Waals surface area (Å²) in [5.41, 5.74) is 3.73. The quantitative estimate of drug-likeness (QED) is 0.213. The molecule has 4 aromatic rings. The summed E-state index contributed by atoms with van der Waals surface area (Å²) in [7, 11) is 1.98. The second-order valence-electron chi connectivity index (χ2n) is 9.61. The minimum atomic E-state index is -0.130. The van der Waals surface area contributed by atoms with Gasteiger partial charge in [0.05, 0.1) is 20.1 Å². The van der Waals surface area contributed by atoms with Crippen LogP contribution in [-0.2, 0) is 33.1 Å². The molecule has 0 bridgehead atoms. The fourth-order valence-electron chi connectivity index (χ4n) is 4.29. The van der Waals surface area contributed by atoms with E-state index >= 15 is 0 Å². The Kier molecular flexibility index (Phi) is 9.45. The van der Waals surface area contributed by atoms with Crippen LogP contribution in [0.1, 0.15) is 51.6 Å². The van der Waals surface area contributed by atoms with Crippen LogP contribution in [-0.4, -0.2) is 34.0 Å². The minimum absolute atomic E-state index is 0.128. The van der Waals surface area contributed by atoms with E-state index in [1.807, 2.05) is 30.3 Å². The molecule has 8 heteroatoms. The third-order valence-electron chi connectivity index (χ3n) is 6.53. The standard InChI is InChI=1S/C30H36N6O2/c1-3-25-6-8-26(9-7-25)22-36-21-20-35(24-36)17-5-15-32-30(38)28-12-10-27(11-13-28)29(37)31-14-4-16-34-19-18-33(2)23-34/h6-13,18-21,23-24H,3-5,14-17,22H2,1-2H3/p+2. The fourth-order valence-corrected chi connectivity index (χ4v) is 4.29. The number of aromatic nitrogens is 4. The number of nitrogens with one attached hydrogen (secondary N) is 2. The van der Waals surface area contributed by atoms with Gasteiger partial charge < -0.3 is 10.6 Å². The topological polar surface area (TPSA) is 75.8 Å². The first-order chi connectivity index (χ1) is 18.5. The summed E-state index contributed by atoms with van der Waals surface area (Å²) in [5.74, 6) is -0.258. The van der Waals surface area contributed by atoms with Crippen molar-refractivity contribution in [2.75, 3.05) is 13.1 Å². The summed E-state index contributed by atoms with van der Waals surface area (Å²) in [6.07, 6.45) is 15.0. The summed E-state index contributed by atoms with van der Waals surface area (Å²) in [4.78, 5) is 24.9. The highest BCUT2D eigenvalue weighted by Crippen LogP contribution is 2.06. The third-order valence-corrected chi connectivity index (χ3v) is 6.53. The number of benzene rings is 2. The molecule has 0 saturated carbocycles. The summed E-state index contributed by atoms with van der Waals surface area (Å²) in [6, 6.07) is 15.5. The molecule has 0 saturated heterocycles. The van der Waals surface area contributed by atoms with Crippen LogP contribution in [0.4, 0.5) is 0 Å². The molecule has 38 heavy (non-hydrogen) atoms. The largest absolute Gasteiger partial charge is 0.352 e. The molecule has 2 aromatic heterocycles. The number of aryl methyl sites for hydroxylation is 4. The second-order valence-corrected chi connectivity index (χ2v) is 9.61. The Morgan fingerprint density at radius 3 is 1.79 bits per heavy atom. The number of imidazole rings is 2. The van der Waals surface area contributed by atoms with E-state index in [0.717, 1.165) is 38.9 Å². The molecule has 0 aliphatic heterocycles. The Labute approximate surface area is 224 Å². The van der Waals surface area contributed by atoms with Gasteiger partial charge in [-0.3, -0.25) is 9.59 Å². The molecule has 0 unspecified atom stereocenters. The molecule has 0 aliphatic rings. The lowest BCUT2D eigenvalue weighted by Crippen LogP contribution is -2.31. The molecule has 2 aromatic carbocycles. The summed E-state index contributed by atoms with van der Waals surface area (Å²) >= 11 is 0. The van der Waals surface area contributed by atoms with Gasteiger partial charge in [0.25, 0.3) is 11.8 Å². The van der Waals surface area contributed by atoms with E-state index in [9.17, 15) is 9.59 Å². The van der Waals surface area contributed by atoms with E-state index in [1.54, 1.807) is 24.3 Å². The van der Waals surface area contributed by atoms with Gasteiger partial charge in [-0.05, 0) is 41.8 Å². The third kappa shape index (κ3) is 7.90. The molecule has 198 valence electrons. The molecule has 0 spiro atoms. The summed E-state index contributed by atoms with van der Waals surface area (Å²) in [6.45, 7) is 5.85. The van der Waals surface area contributed by atoms with Crippen LogP contribution in [0.3, 0.4) is 0 Å². The van der Waals surface area contributed by atoms with Crippen LogP contribution in [0.15, 0.2) is 86.0 Å². The first kappa shape index (κ1) is 26.9. The Hall–Kier alpha value is -4.20. The fraction of sp³-hybridized carbons (Fsp3) is 0.333. The maximum absolute atomic E-state index is 12.5. The van der Waals surface area contributed by atoms with E-state index in [2.05, 4.69) is 74.2 Å². The van der Waals surface area contributed by atoms with Crippen molar-refractivity contribution >= 4 is 11.8 Å².